The van der Waals surface area contributed by atoms with Gasteiger partial charge in [0, 0.05) is 5.80 Å². The summed E-state index contributed by atoms with van der Waals surface area (Å²) in [4.78, 5) is 1.48. The Morgan fingerprint density at radius 2 is 1.91 bits per heavy atom. The molecule has 1 N–H and O–H groups in total. The monoisotopic (exact) mass is 184 g/mol. The van der Waals surface area contributed by atoms with Gasteiger partial charge < -0.3 is 5.11 Å². The van der Waals surface area contributed by atoms with Gasteiger partial charge in [0.1, 0.15) is 5.75 Å². The van der Waals surface area contributed by atoms with Gasteiger partial charge in [0.15, 0.2) is 0 Å². The Hall–Kier alpha value is -0.333. The van der Waals surface area contributed by atoms with Crippen LogP contribution in [-0.4, -0.2) is 13.2 Å². The fourth-order valence-corrected chi connectivity index (χ4v) is 3.67. The van der Waals surface area contributed by atoms with E-state index in [9.17, 15) is 0 Å². The highest BCUT2D eigenvalue weighted by atomic mass is 31.0. The fraction of sp³-hybridized carbons (Fsp3) is 0.375. The van der Waals surface area contributed by atoms with Crippen molar-refractivity contribution < 1.29 is 5.11 Å². The number of hydrogen-bond donors (Lipinski definition) is 1. The molecule has 0 amide bonds. The summed E-state index contributed by atoms with van der Waals surface area (Å²) in [5.41, 5.74) is 0. The van der Waals surface area contributed by atoms with Crippen LogP contribution in [0.1, 0.15) is 0 Å². The van der Waals surface area contributed by atoms with Gasteiger partial charge >= 0.3 is 0 Å². The average molecular weight is 184 g/mol. The minimum atomic E-state index is -1.12. The summed E-state index contributed by atoms with van der Waals surface area (Å²) in [5.74, 6) is 2.25. The second-order valence-electron chi connectivity index (χ2n) is 3.65. The smallest absolute Gasteiger partial charge is 0.120 e. The lowest BCUT2D eigenvalue weighted by Gasteiger charge is -2.14. The summed E-state index contributed by atoms with van der Waals surface area (Å²) in [7, 11) is 0.0568. The minimum absolute atomic E-state index is 0.397. The van der Waals surface area contributed by atoms with Crippen molar-refractivity contribution in [1.82, 2.24) is 0 Å². The molecule has 0 aromatic carbocycles. The first-order valence-electron chi connectivity index (χ1n) is 3.65. The van der Waals surface area contributed by atoms with Crippen LogP contribution in [0.25, 0.3) is 0 Å². The average Bonchev–Trinajstić information content (AvgIpc) is 1.86. The van der Waals surface area contributed by atoms with Crippen molar-refractivity contribution in [2.75, 3.05) is 0 Å². The number of hydrogen-bond acceptors (Lipinski definition) is 1. The molecule has 3 heteroatoms. The molecule has 0 aliphatic carbocycles. The molecular weight excluding hydrogens is 171 g/mol. The second kappa shape index (κ2) is 2.96. The predicted molar refractivity (Wildman–Crippen MR) is 53.6 cm³/mol. The van der Waals surface area contributed by atoms with Crippen molar-refractivity contribution in [3.05, 3.63) is 17.9 Å². The van der Waals surface area contributed by atoms with E-state index in [1.165, 1.54) is 13.1 Å². The molecule has 0 atom stereocenters. The van der Waals surface area contributed by atoms with Crippen molar-refractivity contribution in [1.29, 1.82) is 0 Å². The van der Waals surface area contributed by atoms with E-state index in [-0.39, 0.29) is 0 Å². The van der Waals surface area contributed by atoms with E-state index in [0.717, 1.165) is 0 Å². The van der Waals surface area contributed by atoms with Crippen LogP contribution >= 0.6 is 8.19 Å². The van der Waals surface area contributed by atoms with Crippen LogP contribution in [0.2, 0.25) is 19.6 Å². The molecule has 1 aromatic heterocycles. The Morgan fingerprint density at radius 1 is 1.27 bits per heavy atom. The van der Waals surface area contributed by atoms with Gasteiger partial charge in [-0.2, -0.15) is 0 Å². The quantitative estimate of drug-likeness (QED) is 0.665. The van der Waals surface area contributed by atoms with Gasteiger partial charge in [0.25, 0.3) is 0 Å². The lowest BCUT2D eigenvalue weighted by atomic mass is 10.5. The van der Waals surface area contributed by atoms with Gasteiger partial charge in [-0.05, 0) is 11.0 Å². The molecule has 11 heavy (non-hydrogen) atoms. The topological polar surface area (TPSA) is 20.2 Å². The molecule has 1 rings (SSSR count). The largest absolute Gasteiger partial charge is 0.508 e. The lowest BCUT2D eigenvalue weighted by molar-refractivity contribution is 0.477. The Balaban J connectivity index is 2.99. The molecule has 60 valence electrons. The summed E-state index contributed by atoms with van der Waals surface area (Å²) >= 11 is 0. The fourth-order valence-electron chi connectivity index (χ4n) is 0.830. The first kappa shape index (κ1) is 8.76. The zero-order valence-electron chi connectivity index (χ0n) is 7.13. The summed E-state index contributed by atoms with van der Waals surface area (Å²) < 4.78 is 0. The van der Waals surface area contributed by atoms with Crippen molar-refractivity contribution >= 4 is 21.2 Å². The van der Waals surface area contributed by atoms with Crippen LogP contribution in [0.5, 0.6) is 5.75 Å². The second-order valence-corrected chi connectivity index (χ2v) is 10.1. The van der Waals surface area contributed by atoms with Crippen LogP contribution < -0.4 is 4.92 Å². The third-order valence-corrected chi connectivity index (χ3v) is 6.44. The summed E-state index contributed by atoms with van der Waals surface area (Å²) in [5, 5.41) is 9.06. The number of rotatable bonds is 1. The van der Waals surface area contributed by atoms with E-state index in [0.29, 0.717) is 5.75 Å². The lowest BCUT2D eigenvalue weighted by Crippen LogP contribution is -2.34. The highest BCUT2D eigenvalue weighted by Crippen LogP contribution is 2.16. The zero-order valence-corrected chi connectivity index (χ0v) is 9.02. The molecule has 0 spiro atoms. The molecule has 0 fully saturated rings. The molecule has 0 unspecified atom stereocenters. The van der Waals surface area contributed by atoms with E-state index < -0.39 is 8.07 Å². The van der Waals surface area contributed by atoms with Crippen molar-refractivity contribution in [2.45, 2.75) is 19.6 Å². The van der Waals surface area contributed by atoms with Gasteiger partial charge in [-0.25, -0.2) is 0 Å². The van der Waals surface area contributed by atoms with Crippen molar-refractivity contribution in [3.63, 3.8) is 0 Å². The van der Waals surface area contributed by atoms with Crippen LogP contribution in [0.4, 0.5) is 0 Å². The third kappa shape index (κ3) is 2.32. The maximum Gasteiger partial charge on any atom is 0.120 e. The van der Waals surface area contributed by atoms with Crippen LogP contribution in [0, 0.1) is 0 Å². The standard InChI is InChI=1S/C8H13OPSi/c1-11(2,3)8-5-4-7(9)6-10-8/h4-6,9H,1-3H3. The van der Waals surface area contributed by atoms with Crippen molar-refractivity contribution in [3.8, 4) is 5.75 Å². The Kier molecular flexibility index (Phi) is 2.36. The molecule has 1 heterocycles. The summed E-state index contributed by atoms with van der Waals surface area (Å²) in [6.07, 6.45) is 0. The predicted octanol–water partition coefficient (Wildman–Crippen LogP) is 2.52. The molecule has 0 radical (unpaired) electrons. The highest BCUT2D eigenvalue weighted by molar-refractivity contribution is 7.40. The first-order chi connectivity index (χ1) is 5.00. The molecule has 0 bridgehead atoms. The Bertz CT molecular complexity index is 237. The molecule has 0 aliphatic heterocycles. The molecular formula is C8H13OPSi. The normalized spacial score (nSPS) is 12.3. The summed E-state index contributed by atoms with van der Waals surface area (Å²) in [6, 6.07) is 3.84. The van der Waals surface area contributed by atoms with Gasteiger partial charge in [-0.1, -0.05) is 33.9 Å². The number of aromatic hydroxyl groups is 1. The maximum absolute atomic E-state index is 9.06. The first-order valence-corrected chi connectivity index (χ1v) is 8.12. The summed E-state index contributed by atoms with van der Waals surface area (Å²) in [6.45, 7) is 6.95. The van der Waals surface area contributed by atoms with E-state index >= 15 is 0 Å². The zero-order chi connectivity index (χ0) is 8.48. The molecule has 0 aliphatic rings. The van der Waals surface area contributed by atoms with Crippen molar-refractivity contribution in [2.24, 2.45) is 0 Å². The molecule has 1 nitrogen and oxygen atoms in total. The molecule has 0 saturated carbocycles. The van der Waals surface area contributed by atoms with E-state index in [4.69, 9.17) is 5.11 Å². The van der Waals surface area contributed by atoms with E-state index in [2.05, 4.69) is 25.7 Å². The van der Waals surface area contributed by atoms with Gasteiger partial charge in [0.05, 0.1) is 8.07 Å². The third-order valence-electron chi connectivity index (χ3n) is 1.52. The van der Waals surface area contributed by atoms with Crippen LogP contribution in [0.3, 0.4) is 0 Å². The Morgan fingerprint density at radius 3 is 2.27 bits per heavy atom. The van der Waals surface area contributed by atoms with Gasteiger partial charge in [-0.3, -0.25) is 0 Å². The van der Waals surface area contributed by atoms with Crippen LogP contribution in [0.15, 0.2) is 17.9 Å². The molecule has 1 aromatic rings. The maximum atomic E-state index is 9.06. The van der Waals surface area contributed by atoms with E-state index in [1.54, 1.807) is 6.07 Å². The van der Waals surface area contributed by atoms with Gasteiger partial charge in [-0.15, -0.1) is 0 Å². The molecule has 0 saturated heterocycles. The SMILES string of the molecule is C[Si](C)(C)c1ccc(O)cp1. The Labute approximate surface area is 70.2 Å². The van der Waals surface area contributed by atoms with Crippen LogP contribution in [-0.2, 0) is 0 Å². The van der Waals surface area contributed by atoms with Gasteiger partial charge in [0.2, 0.25) is 0 Å². The highest BCUT2D eigenvalue weighted by Gasteiger charge is 2.15. The minimum Gasteiger partial charge on any atom is -0.508 e. The van der Waals surface area contributed by atoms with E-state index in [1.807, 2.05) is 5.80 Å².